The van der Waals surface area contributed by atoms with E-state index in [0.29, 0.717) is 5.41 Å². The molecule has 0 amide bonds. The molecule has 2 aromatic rings. The van der Waals surface area contributed by atoms with Gasteiger partial charge in [0.05, 0.1) is 0 Å². The van der Waals surface area contributed by atoms with Crippen molar-refractivity contribution in [2.45, 2.75) is 66.7 Å². The summed E-state index contributed by atoms with van der Waals surface area (Å²) in [7, 11) is 0. The van der Waals surface area contributed by atoms with Crippen LogP contribution in [0.25, 0.3) is 11.1 Å². The second kappa shape index (κ2) is 7.81. The molecular formula is C23H32. The van der Waals surface area contributed by atoms with Crippen molar-refractivity contribution in [3.63, 3.8) is 0 Å². The van der Waals surface area contributed by atoms with Crippen molar-refractivity contribution in [2.24, 2.45) is 5.41 Å². The molecule has 0 radical (unpaired) electrons. The average molecular weight is 309 g/mol. The molecule has 0 bridgehead atoms. The molecule has 0 aromatic heterocycles. The van der Waals surface area contributed by atoms with Gasteiger partial charge in [-0.2, -0.15) is 0 Å². The van der Waals surface area contributed by atoms with Gasteiger partial charge < -0.3 is 0 Å². The molecule has 0 heterocycles. The zero-order valence-corrected chi connectivity index (χ0v) is 15.6. The summed E-state index contributed by atoms with van der Waals surface area (Å²) in [5, 5.41) is 0. The van der Waals surface area contributed by atoms with E-state index in [2.05, 4.69) is 77.1 Å². The monoisotopic (exact) mass is 308 g/mol. The third-order valence-electron chi connectivity index (χ3n) is 4.82. The number of hydrogen-bond acceptors (Lipinski definition) is 0. The van der Waals surface area contributed by atoms with Crippen molar-refractivity contribution < 1.29 is 0 Å². The summed E-state index contributed by atoms with van der Waals surface area (Å²) in [5.41, 5.74) is 7.52. The molecule has 124 valence electrons. The topological polar surface area (TPSA) is 0 Å². The van der Waals surface area contributed by atoms with E-state index < -0.39 is 0 Å². The minimum atomic E-state index is 0.359. The quantitative estimate of drug-likeness (QED) is 0.525. The van der Waals surface area contributed by atoms with Crippen LogP contribution in [0.3, 0.4) is 0 Å². The zero-order chi connectivity index (χ0) is 16.9. The lowest BCUT2D eigenvalue weighted by atomic mass is 9.79. The van der Waals surface area contributed by atoms with Crippen LogP contribution in [0.5, 0.6) is 0 Å². The first-order chi connectivity index (χ1) is 11.0. The van der Waals surface area contributed by atoms with Crippen molar-refractivity contribution >= 4 is 0 Å². The molecule has 0 nitrogen and oxygen atoms in total. The highest BCUT2D eigenvalue weighted by Gasteiger charge is 2.19. The minimum absolute atomic E-state index is 0.359. The van der Waals surface area contributed by atoms with Crippen molar-refractivity contribution in [3.05, 3.63) is 59.2 Å². The molecule has 0 saturated carbocycles. The molecule has 0 unspecified atom stereocenters. The van der Waals surface area contributed by atoms with Gasteiger partial charge in [0.25, 0.3) is 0 Å². The third kappa shape index (κ3) is 4.70. The van der Waals surface area contributed by atoms with Gasteiger partial charge >= 0.3 is 0 Å². The summed E-state index contributed by atoms with van der Waals surface area (Å²) in [4.78, 5) is 0. The van der Waals surface area contributed by atoms with Crippen LogP contribution in [-0.2, 0) is 19.3 Å². The summed E-state index contributed by atoms with van der Waals surface area (Å²) in [5.74, 6) is 0. The highest BCUT2D eigenvalue weighted by molar-refractivity contribution is 5.68. The van der Waals surface area contributed by atoms with Crippen LogP contribution in [0.15, 0.2) is 42.5 Å². The standard InChI is InChI=1S/C23H32/c1-6-14-23(4,5)17-21-16-19(8-3)12-13-22(21)20-11-9-10-18(7-2)15-20/h9-13,15-16H,6-8,14,17H2,1-5H3. The fourth-order valence-corrected chi connectivity index (χ4v) is 3.53. The second-order valence-electron chi connectivity index (χ2n) is 7.49. The van der Waals surface area contributed by atoms with Gasteiger partial charge in [-0.1, -0.05) is 83.5 Å². The predicted molar refractivity (Wildman–Crippen MR) is 103 cm³/mol. The fourth-order valence-electron chi connectivity index (χ4n) is 3.53. The van der Waals surface area contributed by atoms with Gasteiger partial charge in [0.15, 0.2) is 0 Å². The molecule has 0 aliphatic rings. The van der Waals surface area contributed by atoms with Crippen molar-refractivity contribution in [1.29, 1.82) is 0 Å². The number of aryl methyl sites for hydroxylation is 2. The molecule has 2 aromatic carbocycles. The largest absolute Gasteiger partial charge is 0.0654 e. The average Bonchev–Trinajstić information content (AvgIpc) is 2.54. The van der Waals surface area contributed by atoms with E-state index in [1.54, 1.807) is 0 Å². The Morgan fingerprint density at radius 1 is 0.826 bits per heavy atom. The summed E-state index contributed by atoms with van der Waals surface area (Å²) in [6.07, 6.45) is 5.88. The van der Waals surface area contributed by atoms with Crippen LogP contribution in [0.4, 0.5) is 0 Å². The Balaban J connectivity index is 2.46. The maximum absolute atomic E-state index is 2.44. The Bertz CT molecular complexity index is 634. The van der Waals surface area contributed by atoms with Gasteiger partial charge in [-0.3, -0.25) is 0 Å². The summed E-state index contributed by atoms with van der Waals surface area (Å²) < 4.78 is 0. The van der Waals surface area contributed by atoms with E-state index in [0.717, 1.165) is 19.3 Å². The summed E-state index contributed by atoms with van der Waals surface area (Å²) >= 11 is 0. The molecule has 0 saturated heterocycles. The molecule has 0 aliphatic heterocycles. The maximum atomic E-state index is 2.44. The Hall–Kier alpha value is -1.56. The fraction of sp³-hybridized carbons (Fsp3) is 0.478. The summed E-state index contributed by atoms with van der Waals surface area (Å²) in [6, 6.07) is 16.1. The van der Waals surface area contributed by atoms with Gasteiger partial charge in [0.1, 0.15) is 0 Å². The van der Waals surface area contributed by atoms with Crippen molar-refractivity contribution in [1.82, 2.24) is 0 Å². The van der Waals surface area contributed by atoms with Gasteiger partial charge in [-0.15, -0.1) is 0 Å². The van der Waals surface area contributed by atoms with Crippen LogP contribution < -0.4 is 0 Å². The highest BCUT2D eigenvalue weighted by atomic mass is 14.2. The van der Waals surface area contributed by atoms with E-state index in [1.807, 2.05) is 0 Å². The SMILES string of the molecule is CCCC(C)(C)Cc1cc(CC)ccc1-c1cccc(CC)c1. The van der Waals surface area contributed by atoms with Gasteiger partial charge in [0, 0.05) is 0 Å². The highest BCUT2D eigenvalue weighted by Crippen LogP contribution is 2.33. The van der Waals surface area contributed by atoms with Crippen LogP contribution in [0.2, 0.25) is 0 Å². The normalized spacial score (nSPS) is 11.7. The summed E-state index contributed by atoms with van der Waals surface area (Å²) in [6.45, 7) is 11.6. The molecule has 0 fully saturated rings. The van der Waals surface area contributed by atoms with Crippen LogP contribution in [0, 0.1) is 5.41 Å². The molecule has 23 heavy (non-hydrogen) atoms. The number of rotatable bonds is 7. The number of benzene rings is 2. The van der Waals surface area contributed by atoms with E-state index in [1.165, 1.54) is 40.7 Å². The Labute approximate surface area is 143 Å². The molecule has 0 atom stereocenters. The molecule has 2 rings (SSSR count). The van der Waals surface area contributed by atoms with Crippen molar-refractivity contribution in [3.8, 4) is 11.1 Å². The first-order valence-electron chi connectivity index (χ1n) is 9.20. The lowest BCUT2D eigenvalue weighted by Crippen LogP contribution is -2.15. The first-order valence-corrected chi connectivity index (χ1v) is 9.20. The Morgan fingerprint density at radius 2 is 1.52 bits per heavy atom. The van der Waals surface area contributed by atoms with Crippen LogP contribution in [-0.4, -0.2) is 0 Å². The molecule has 0 aliphatic carbocycles. The Kier molecular flexibility index (Phi) is 6.04. The van der Waals surface area contributed by atoms with Gasteiger partial charge in [0.2, 0.25) is 0 Å². The maximum Gasteiger partial charge on any atom is -0.0151 e. The predicted octanol–water partition coefficient (Wildman–Crippen LogP) is 6.85. The van der Waals surface area contributed by atoms with E-state index in [4.69, 9.17) is 0 Å². The van der Waals surface area contributed by atoms with Crippen LogP contribution in [0.1, 0.15) is 64.2 Å². The lowest BCUT2D eigenvalue weighted by molar-refractivity contribution is 0.329. The molecular weight excluding hydrogens is 276 g/mol. The lowest BCUT2D eigenvalue weighted by Gasteiger charge is -2.26. The molecule has 0 N–H and O–H groups in total. The van der Waals surface area contributed by atoms with E-state index in [9.17, 15) is 0 Å². The van der Waals surface area contributed by atoms with Gasteiger partial charge in [-0.05, 0) is 58.9 Å². The molecule has 0 heteroatoms. The molecule has 0 spiro atoms. The van der Waals surface area contributed by atoms with Crippen LogP contribution >= 0.6 is 0 Å². The zero-order valence-electron chi connectivity index (χ0n) is 15.6. The first kappa shape index (κ1) is 17.8. The van der Waals surface area contributed by atoms with E-state index >= 15 is 0 Å². The van der Waals surface area contributed by atoms with Gasteiger partial charge in [-0.25, -0.2) is 0 Å². The smallest absolute Gasteiger partial charge is 0.0151 e. The minimum Gasteiger partial charge on any atom is -0.0654 e. The third-order valence-corrected chi connectivity index (χ3v) is 4.82. The Morgan fingerprint density at radius 3 is 2.17 bits per heavy atom. The number of hydrogen-bond donors (Lipinski definition) is 0. The second-order valence-corrected chi connectivity index (χ2v) is 7.49. The van der Waals surface area contributed by atoms with E-state index in [-0.39, 0.29) is 0 Å². The van der Waals surface area contributed by atoms with Crippen molar-refractivity contribution in [2.75, 3.05) is 0 Å².